The van der Waals surface area contributed by atoms with Gasteiger partial charge in [-0.05, 0) is 36.3 Å². The molecule has 0 spiro atoms. The van der Waals surface area contributed by atoms with Crippen molar-refractivity contribution in [1.29, 1.82) is 0 Å². The molecule has 36 heavy (non-hydrogen) atoms. The van der Waals surface area contributed by atoms with E-state index in [1.165, 1.54) is 11.8 Å². The van der Waals surface area contributed by atoms with Gasteiger partial charge in [-0.2, -0.15) is 11.8 Å². The topological polar surface area (TPSA) is 125 Å². The molecule has 1 fully saturated rings. The maximum atomic E-state index is 13.2. The molecule has 1 saturated heterocycles. The van der Waals surface area contributed by atoms with Gasteiger partial charge in [-0.25, -0.2) is 9.78 Å². The Balaban J connectivity index is 1.72. The Labute approximate surface area is 216 Å². The van der Waals surface area contributed by atoms with Gasteiger partial charge in [-0.3, -0.25) is 9.59 Å². The molecule has 0 bridgehead atoms. The standard InChI is InChI=1S/C26H36N4O5S/c1-3-19-9-11-30(24(31)14-20-15-27-17-28-20)22(19)16-35-23(13-18-7-5-4-6-8-18)25(32)29-21(26(33)34)10-12-36-2/h4-8,15,17,19,21-23H,3,9-14,16H2,1-2H3,(H,27,28)(H,29,32)(H,33,34)/t19-,21-,22?,23-/m0/s1. The molecule has 1 unspecified atom stereocenters. The second-order valence-electron chi connectivity index (χ2n) is 9.06. The van der Waals surface area contributed by atoms with Gasteiger partial charge in [0.2, 0.25) is 11.8 Å². The number of benzene rings is 1. The number of ether oxygens (including phenoxy) is 1. The minimum Gasteiger partial charge on any atom is -0.480 e. The third-order valence-electron chi connectivity index (χ3n) is 6.68. The van der Waals surface area contributed by atoms with Crippen LogP contribution in [0, 0.1) is 5.92 Å². The fraction of sp³-hybridized carbons (Fsp3) is 0.538. The van der Waals surface area contributed by atoms with Crippen molar-refractivity contribution in [2.24, 2.45) is 5.92 Å². The number of amides is 2. The number of likely N-dealkylation sites (tertiary alicyclic amines) is 1. The number of hydrogen-bond acceptors (Lipinski definition) is 6. The summed E-state index contributed by atoms with van der Waals surface area (Å²) in [5, 5.41) is 12.2. The average molecular weight is 517 g/mol. The first kappa shape index (κ1) is 27.7. The molecule has 1 aromatic heterocycles. The summed E-state index contributed by atoms with van der Waals surface area (Å²) in [6, 6.07) is 8.38. The lowest BCUT2D eigenvalue weighted by Crippen LogP contribution is -2.49. The van der Waals surface area contributed by atoms with Gasteiger partial charge in [0.25, 0.3) is 0 Å². The average Bonchev–Trinajstić information content (AvgIpc) is 3.54. The van der Waals surface area contributed by atoms with Crippen LogP contribution in [0.2, 0.25) is 0 Å². The number of carbonyl (C=O) groups excluding carboxylic acids is 2. The molecule has 0 radical (unpaired) electrons. The number of carbonyl (C=O) groups is 3. The molecule has 2 amide bonds. The molecule has 2 aromatic rings. The molecule has 0 saturated carbocycles. The smallest absolute Gasteiger partial charge is 0.326 e. The van der Waals surface area contributed by atoms with Crippen LogP contribution >= 0.6 is 11.8 Å². The summed E-state index contributed by atoms with van der Waals surface area (Å²) in [6.45, 7) is 2.95. The fourth-order valence-electron chi connectivity index (χ4n) is 4.60. The van der Waals surface area contributed by atoms with Crippen LogP contribution in [0.25, 0.3) is 0 Å². The van der Waals surface area contributed by atoms with Crippen molar-refractivity contribution >= 4 is 29.5 Å². The Bertz CT molecular complexity index is 972. The summed E-state index contributed by atoms with van der Waals surface area (Å²) in [6.07, 6.45) is 6.88. The highest BCUT2D eigenvalue weighted by molar-refractivity contribution is 7.98. The van der Waals surface area contributed by atoms with Gasteiger partial charge in [-0.1, -0.05) is 43.7 Å². The second kappa shape index (κ2) is 14.0. The van der Waals surface area contributed by atoms with Crippen LogP contribution < -0.4 is 5.32 Å². The number of aromatic nitrogens is 2. The first-order valence-corrected chi connectivity index (χ1v) is 13.8. The SMILES string of the molecule is CC[C@H]1CCN(C(=O)Cc2cnc[nH]2)C1CO[C@@H](Cc1ccccc1)C(=O)N[C@@H](CCSC)C(=O)O. The highest BCUT2D eigenvalue weighted by Gasteiger charge is 2.37. The van der Waals surface area contributed by atoms with Gasteiger partial charge in [0.15, 0.2) is 0 Å². The van der Waals surface area contributed by atoms with E-state index in [0.717, 1.165) is 24.1 Å². The summed E-state index contributed by atoms with van der Waals surface area (Å²) in [4.78, 5) is 46.8. The molecule has 3 N–H and O–H groups in total. The predicted octanol–water partition coefficient (Wildman–Crippen LogP) is 2.53. The van der Waals surface area contributed by atoms with E-state index in [1.54, 1.807) is 12.5 Å². The van der Waals surface area contributed by atoms with Crippen molar-refractivity contribution in [3.63, 3.8) is 0 Å². The summed E-state index contributed by atoms with van der Waals surface area (Å²) < 4.78 is 6.20. The molecule has 1 aliphatic rings. The number of nitrogens with one attached hydrogen (secondary N) is 2. The van der Waals surface area contributed by atoms with Gasteiger partial charge < -0.3 is 25.0 Å². The predicted molar refractivity (Wildman–Crippen MR) is 139 cm³/mol. The van der Waals surface area contributed by atoms with Gasteiger partial charge in [0.1, 0.15) is 12.1 Å². The number of carboxylic acids is 1. The number of hydrogen-bond donors (Lipinski definition) is 3. The third-order valence-corrected chi connectivity index (χ3v) is 7.32. The Hall–Kier alpha value is -2.85. The first-order chi connectivity index (χ1) is 17.4. The van der Waals surface area contributed by atoms with Crippen LogP contribution in [0.1, 0.15) is 37.4 Å². The van der Waals surface area contributed by atoms with Crippen molar-refractivity contribution in [3.05, 3.63) is 54.1 Å². The minimum absolute atomic E-state index is 0.00383. The van der Waals surface area contributed by atoms with Crippen molar-refractivity contribution in [2.45, 2.75) is 57.2 Å². The number of H-pyrrole nitrogens is 1. The fourth-order valence-corrected chi connectivity index (χ4v) is 5.07. The van der Waals surface area contributed by atoms with Crippen LogP contribution in [0.15, 0.2) is 42.9 Å². The van der Waals surface area contributed by atoms with Crippen LogP contribution in [-0.2, 0) is 32.0 Å². The molecule has 4 atom stereocenters. The zero-order valence-corrected chi connectivity index (χ0v) is 21.7. The van der Waals surface area contributed by atoms with E-state index in [0.29, 0.717) is 25.1 Å². The molecular weight excluding hydrogens is 480 g/mol. The molecule has 2 heterocycles. The van der Waals surface area contributed by atoms with E-state index in [-0.39, 0.29) is 30.9 Å². The number of nitrogens with zero attached hydrogens (tertiary/aromatic N) is 2. The summed E-state index contributed by atoms with van der Waals surface area (Å²) >= 11 is 1.53. The normalized spacial score (nSPS) is 19.1. The molecule has 10 heteroatoms. The van der Waals surface area contributed by atoms with Crippen molar-refractivity contribution in [2.75, 3.05) is 25.2 Å². The van der Waals surface area contributed by atoms with Crippen molar-refractivity contribution in [3.8, 4) is 0 Å². The second-order valence-corrected chi connectivity index (χ2v) is 10.0. The van der Waals surface area contributed by atoms with Crippen molar-refractivity contribution < 1.29 is 24.2 Å². The van der Waals surface area contributed by atoms with Crippen LogP contribution in [0.5, 0.6) is 0 Å². The van der Waals surface area contributed by atoms with E-state index in [1.807, 2.05) is 41.5 Å². The minimum atomic E-state index is -1.06. The van der Waals surface area contributed by atoms with Gasteiger partial charge in [-0.15, -0.1) is 0 Å². The quantitative estimate of drug-likeness (QED) is 0.352. The number of aromatic amines is 1. The number of thioether (sulfide) groups is 1. The van der Waals surface area contributed by atoms with Crippen LogP contribution in [0.3, 0.4) is 0 Å². The maximum Gasteiger partial charge on any atom is 0.326 e. The number of imidazole rings is 1. The zero-order chi connectivity index (χ0) is 25.9. The molecule has 1 aromatic carbocycles. The number of rotatable bonds is 14. The molecule has 3 rings (SSSR count). The zero-order valence-electron chi connectivity index (χ0n) is 20.9. The van der Waals surface area contributed by atoms with Crippen molar-refractivity contribution in [1.82, 2.24) is 20.2 Å². The summed E-state index contributed by atoms with van der Waals surface area (Å²) in [5.74, 6) is -0.628. The van der Waals surface area contributed by atoms with E-state index in [9.17, 15) is 19.5 Å². The Kier molecular flexibility index (Phi) is 10.8. The Morgan fingerprint density at radius 3 is 2.72 bits per heavy atom. The summed E-state index contributed by atoms with van der Waals surface area (Å²) in [5.41, 5.74) is 1.67. The number of carboxylic acid groups (broad SMARTS) is 1. The Morgan fingerprint density at radius 2 is 2.08 bits per heavy atom. The molecule has 9 nitrogen and oxygen atoms in total. The van der Waals surface area contributed by atoms with E-state index < -0.39 is 24.0 Å². The molecule has 196 valence electrons. The lowest BCUT2D eigenvalue weighted by atomic mass is 9.98. The van der Waals surface area contributed by atoms with Gasteiger partial charge >= 0.3 is 5.97 Å². The largest absolute Gasteiger partial charge is 0.480 e. The van der Waals surface area contributed by atoms with E-state index in [4.69, 9.17) is 4.74 Å². The maximum absolute atomic E-state index is 13.2. The van der Waals surface area contributed by atoms with Crippen LogP contribution in [0.4, 0.5) is 0 Å². The van der Waals surface area contributed by atoms with E-state index in [2.05, 4.69) is 22.2 Å². The van der Waals surface area contributed by atoms with Crippen LogP contribution in [-0.4, -0.2) is 81.1 Å². The monoisotopic (exact) mass is 516 g/mol. The number of aliphatic carboxylic acids is 1. The highest BCUT2D eigenvalue weighted by Crippen LogP contribution is 2.28. The molecule has 0 aliphatic carbocycles. The van der Waals surface area contributed by atoms with E-state index >= 15 is 0 Å². The summed E-state index contributed by atoms with van der Waals surface area (Å²) in [7, 11) is 0. The van der Waals surface area contributed by atoms with Gasteiger partial charge in [0, 0.05) is 24.9 Å². The molecule has 1 aliphatic heterocycles. The first-order valence-electron chi connectivity index (χ1n) is 12.4. The Morgan fingerprint density at radius 1 is 1.31 bits per heavy atom. The lowest BCUT2D eigenvalue weighted by Gasteiger charge is -2.30. The highest BCUT2D eigenvalue weighted by atomic mass is 32.2. The third kappa shape index (κ3) is 7.83. The lowest BCUT2D eigenvalue weighted by molar-refractivity contribution is -0.145. The molecular formula is C26H36N4O5S. The van der Waals surface area contributed by atoms with Gasteiger partial charge in [0.05, 0.1) is 25.4 Å².